The molecule has 0 saturated carbocycles. The number of aryl methyl sites for hydroxylation is 1. The third-order valence-electron chi connectivity index (χ3n) is 2.55. The number of carbonyl (C=O) groups is 1. The highest BCUT2D eigenvalue weighted by atomic mass is 35.5. The van der Waals surface area contributed by atoms with E-state index >= 15 is 0 Å². The summed E-state index contributed by atoms with van der Waals surface area (Å²) in [6.07, 6.45) is 2.42. The second kappa shape index (κ2) is 6.07. The highest BCUT2D eigenvalue weighted by Gasteiger charge is 2.07. The van der Waals surface area contributed by atoms with Gasteiger partial charge in [-0.2, -0.15) is 5.26 Å². The summed E-state index contributed by atoms with van der Waals surface area (Å²) in [5.74, 6) is 0.615. The monoisotopic (exact) mass is 274 g/mol. The van der Waals surface area contributed by atoms with Gasteiger partial charge in [-0.1, -0.05) is 11.6 Å². The van der Waals surface area contributed by atoms with Crippen LogP contribution in [0.25, 0.3) is 0 Å². The summed E-state index contributed by atoms with van der Waals surface area (Å²) in [6.45, 7) is 0. The fraction of sp³-hybridized carbons (Fsp3) is 0.143. The standard InChI is InChI=1S/C14H11ClN2O2/c15-12-8-10(9-16)3-5-13(12)17-14(18)6-4-11-2-1-7-19-11/h1-3,5,7-8H,4,6H2,(H,17,18). The van der Waals surface area contributed by atoms with E-state index in [0.717, 1.165) is 5.76 Å². The lowest BCUT2D eigenvalue weighted by molar-refractivity contribution is -0.116. The van der Waals surface area contributed by atoms with Crippen molar-refractivity contribution in [2.75, 3.05) is 5.32 Å². The minimum absolute atomic E-state index is 0.150. The first-order valence-electron chi connectivity index (χ1n) is 5.71. The summed E-state index contributed by atoms with van der Waals surface area (Å²) in [6, 6.07) is 10.3. The van der Waals surface area contributed by atoms with Crippen LogP contribution in [0.1, 0.15) is 17.7 Å². The number of nitrogens with zero attached hydrogens (tertiary/aromatic N) is 1. The van der Waals surface area contributed by atoms with Gasteiger partial charge in [-0.05, 0) is 30.3 Å². The Kier molecular flexibility index (Phi) is 4.22. The van der Waals surface area contributed by atoms with E-state index < -0.39 is 0 Å². The van der Waals surface area contributed by atoms with Gasteiger partial charge in [-0.3, -0.25) is 4.79 Å². The topological polar surface area (TPSA) is 66.0 Å². The van der Waals surface area contributed by atoms with Crippen molar-refractivity contribution in [2.45, 2.75) is 12.8 Å². The van der Waals surface area contributed by atoms with E-state index in [4.69, 9.17) is 21.3 Å². The molecule has 0 unspecified atom stereocenters. The molecule has 2 rings (SSSR count). The van der Waals surface area contributed by atoms with Gasteiger partial charge in [0.25, 0.3) is 0 Å². The molecule has 0 aliphatic carbocycles. The van der Waals surface area contributed by atoms with Crippen LogP contribution in [0.2, 0.25) is 5.02 Å². The van der Waals surface area contributed by atoms with Crippen LogP contribution in [0.5, 0.6) is 0 Å². The Hall–Kier alpha value is -2.25. The molecule has 19 heavy (non-hydrogen) atoms. The highest BCUT2D eigenvalue weighted by Crippen LogP contribution is 2.23. The number of nitrogens with one attached hydrogen (secondary N) is 1. The minimum Gasteiger partial charge on any atom is -0.469 e. The fourth-order valence-corrected chi connectivity index (χ4v) is 1.82. The molecule has 0 radical (unpaired) electrons. The predicted octanol–water partition coefficient (Wildman–Crippen LogP) is 3.38. The van der Waals surface area contributed by atoms with Crippen molar-refractivity contribution >= 4 is 23.2 Å². The van der Waals surface area contributed by atoms with Crippen molar-refractivity contribution < 1.29 is 9.21 Å². The van der Waals surface area contributed by atoms with Crippen LogP contribution in [0.4, 0.5) is 5.69 Å². The molecule has 0 fully saturated rings. The lowest BCUT2D eigenvalue weighted by atomic mass is 10.2. The first kappa shape index (κ1) is 13.2. The number of hydrogen-bond acceptors (Lipinski definition) is 3. The zero-order valence-corrected chi connectivity index (χ0v) is 10.8. The highest BCUT2D eigenvalue weighted by molar-refractivity contribution is 6.33. The molecule has 1 N–H and O–H groups in total. The van der Waals surface area contributed by atoms with Crippen molar-refractivity contribution in [1.29, 1.82) is 5.26 Å². The molecule has 1 heterocycles. The number of nitriles is 1. The molecule has 1 amide bonds. The quantitative estimate of drug-likeness (QED) is 0.929. The average Bonchev–Trinajstić information content (AvgIpc) is 2.92. The van der Waals surface area contributed by atoms with Crippen molar-refractivity contribution in [2.24, 2.45) is 0 Å². The molecular weight excluding hydrogens is 264 g/mol. The molecule has 96 valence electrons. The SMILES string of the molecule is N#Cc1ccc(NC(=O)CCc2ccco2)c(Cl)c1. The fourth-order valence-electron chi connectivity index (χ4n) is 1.59. The second-order valence-electron chi connectivity index (χ2n) is 3.93. The molecule has 1 aromatic heterocycles. The van der Waals surface area contributed by atoms with Crippen LogP contribution < -0.4 is 5.32 Å². The lowest BCUT2D eigenvalue weighted by Crippen LogP contribution is -2.12. The Balaban J connectivity index is 1.94. The van der Waals surface area contributed by atoms with E-state index in [1.165, 1.54) is 6.07 Å². The first-order chi connectivity index (χ1) is 9.19. The predicted molar refractivity (Wildman–Crippen MR) is 71.8 cm³/mol. The average molecular weight is 275 g/mol. The van der Waals surface area contributed by atoms with E-state index in [0.29, 0.717) is 29.1 Å². The van der Waals surface area contributed by atoms with E-state index in [2.05, 4.69) is 5.32 Å². The van der Waals surface area contributed by atoms with Gasteiger partial charge >= 0.3 is 0 Å². The molecule has 0 bridgehead atoms. The van der Waals surface area contributed by atoms with Gasteiger partial charge in [0, 0.05) is 12.8 Å². The van der Waals surface area contributed by atoms with Crippen molar-refractivity contribution in [3.63, 3.8) is 0 Å². The molecule has 4 nitrogen and oxygen atoms in total. The van der Waals surface area contributed by atoms with E-state index in [-0.39, 0.29) is 5.91 Å². The van der Waals surface area contributed by atoms with Gasteiger partial charge in [0.15, 0.2) is 0 Å². The number of halogens is 1. The summed E-state index contributed by atoms with van der Waals surface area (Å²) in [7, 11) is 0. The van der Waals surface area contributed by atoms with Crippen LogP contribution in [-0.2, 0) is 11.2 Å². The van der Waals surface area contributed by atoms with Crippen LogP contribution >= 0.6 is 11.6 Å². The Morgan fingerprint density at radius 3 is 2.89 bits per heavy atom. The van der Waals surface area contributed by atoms with Crippen LogP contribution in [-0.4, -0.2) is 5.91 Å². The lowest BCUT2D eigenvalue weighted by Gasteiger charge is -2.06. The van der Waals surface area contributed by atoms with Crippen molar-refractivity contribution in [1.82, 2.24) is 0 Å². The van der Waals surface area contributed by atoms with E-state index in [1.807, 2.05) is 12.1 Å². The normalized spacial score (nSPS) is 9.89. The third-order valence-corrected chi connectivity index (χ3v) is 2.86. The number of benzene rings is 1. The van der Waals surface area contributed by atoms with Gasteiger partial charge in [0.1, 0.15) is 5.76 Å². The zero-order valence-electron chi connectivity index (χ0n) is 10.0. The smallest absolute Gasteiger partial charge is 0.224 e. The largest absolute Gasteiger partial charge is 0.469 e. The summed E-state index contributed by atoms with van der Waals surface area (Å²) >= 11 is 5.97. The molecule has 0 aliphatic heterocycles. The van der Waals surface area contributed by atoms with Crippen molar-refractivity contribution in [3.05, 3.63) is 52.9 Å². The summed E-state index contributed by atoms with van der Waals surface area (Å²) < 4.78 is 5.15. The van der Waals surface area contributed by atoms with E-state index in [9.17, 15) is 4.79 Å². The Morgan fingerprint density at radius 2 is 2.26 bits per heavy atom. The van der Waals surface area contributed by atoms with Crippen LogP contribution in [0.3, 0.4) is 0 Å². The molecule has 5 heteroatoms. The number of anilines is 1. The minimum atomic E-state index is -0.150. The second-order valence-corrected chi connectivity index (χ2v) is 4.34. The van der Waals surface area contributed by atoms with Crippen molar-refractivity contribution in [3.8, 4) is 6.07 Å². The molecule has 1 aromatic carbocycles. The Bertz CT molecular complexity index is 615. The van der Waals surface area contributed by atoms with Gasteiger partial charge in [-0.15, -0.1) is 0 Å². The Labute approximate surface area is 115 Å². The Morgan fingerprint density at radius 1 is 1.42 bits per heavy atom. The maximum atomic E-state index is 11.7. The zero-order chi connectivity index (χ0) is 13.7. The number of rotatable bonds is 4. The molecule has 0 aliphatic rings. The van der Waals surface area contributed by atoms with Crippen LogP contribution in [0.15, 0.2) is 41.0 Å². The molecular formula is C14H11ClN2O2. The maximum Gasteiger partial charge on any atom is 0.224 e. The maximum absolute atomic E-state index is 11.7. The third kappa shape index (κ3) is 3.60. The number of carbonyl (C=O) groups excluding carboxylic acids is 1. The molecule has 0 atom stereocenters. The van der Waals surface area contributed by atoms with Gasteiger partial charge in [0.2, 0.25) is 5.91 Å². The molecule has 2 aromatic rings. The number of furan rings is 1. The van der Waals surface area contributed by atoms with Gasteiger partial charge in [-0.25, -0.2) is 0 Å². The van der Waals surface area contributed by atoms with Crippen LogP contribution in [0, 0.1) is 11.3 Å². The molecule has 0 saturated heterocycles. The number of amides is 1. The van der Waals surface area contributed by atoms with Gasteiger partial charge < -0.3 is 9.73 Å². The first-order valence-corrected chi connectivity index (χ1v) is 6.08. The van der Waals surface area contributed by atoms with Gasteiger partial charge in [0.05, 0.1) is 28.6 Å². The molecule has 0 spiro atoms. The number of hydrogen-bond donors (Lipinski definition) is 1. The summed E-state index contributed by atoms with van der Waals surface area (Å²) in [4.78, 5) is 11.7. The summed E-state index contributed by atoms with van der Waals surface area (Å²) in [5, 5.41) is 11.8. The summed E-state index contributed by atoms with van der Waals surface area (Å²) in [5.41, 5.74) is 0.962. The van der Waals surface area contributed by atoms with E-state index in [1.54, 1.807) is 24.5 Å².